The van der Waals surface area contributed by atoms with Gasteiger partial charge in [-0.3, -0.25) is 9.59 Å². The molecule has 7 nitrogen and oxygen atoms in total. The second-order valence-electron chi connectivity index (χ2n) is 7.28. The second kappa shape index (κ2) is 8.43. The number of benzene rings is 2. The van der Waals surface area contributed by atoms with Gasteiger partial charge in [0.05, 0.1) is 11.4 Å². The number of nitrogens with zero attached hydrogens (tertiary/aromatic N) is 3. The van der Waals surface area contributed by atoms with Crippen LogP contribution in [0.2, 0.25) is 0 Å². The monoisotopic (exact) mass is 450 g/mol. The summed E-state index contributed by atoms with van der Waals surface area (Å²) in [5.74, 6) is -2.25. The Bertz CT molecular complexity index is 1270. The molecule has 2 aromatic carbocycles. The van der Waals surface area contributed by atoms with Gasteiger partial charge in [-0.25, -0.2) is 19.3 Å². The summed E-state index contributed by atoms with van der Waals surface area (Å²) in [6.07, 6.45) is 0. The number of aromatic hydroxyl groups is 1. The van der Waals surface area contributed by atoms with Crippen molar-refractivity contribution in [1.29, 1.82) is 0 Å². The van der Waals surface area contributed by atoms with Crippen LogP contribution in [0, 0.1) is 26.6 Å². The van der Waals surface area contributed by atoms with Gasteiger partial charge in [0.1, 0.15) is 22.2 Å². The zero-order valence-electron chi connectivity index (χ0n) is 17.5. The normalized spacial score (nSPS) is 13.8. The second-order valence-corrected chi connectivity index (χ2v) is 8.26. The van der Waals surface area contributed by atoms with Gasteiger partial charge in [0.25, 0.3) is 11.8 Å². The highest BCUT2D eigenvalue weighted by atomic mass is 32.2. The standard InChI is InChI=1S/C23H19FN4O3S/c1-12-8-9-18(29)16(10-12)27-19-20(32-23-25-13(2)11-14(3)26-23)22(31)28(21(19)30)17-7-5-4-6-15(17)24/h4-11,27,29H,1-3H3. The molecule has 1 aliphatic heterocycles. The summed E-state index contributed by atoms with van der Waals surface area (Å²) in [5.41, 5.74) is 2.24. The molecule has 0 saturated carbocycles. The Kier molecular flexibility index (Phi) is 5.67. The number of carbonyl (C=O) groups excluding carboxylic acids is 2. The van der Waals surface area contributed by atoms with Crippen molar-refractivity contribution in [2.45, 2.75) is 25.9 Å². The minimum absolute atomic E-state index is 0.00385. The van der Waals surface area contributed by atoms with Crippen LogP contribution in [0.3, 0.4) is 0 Å². The summed E-state index contributed by atoms with van der Waals surface area (Å²) in [5, 5.41) is 13.4. The molecule has 0 radical (unpaired) electrons. The highest BCUT2D eigenvalue weighted by Crippen LogP contribution is 2.38. The van der Waals surface area contributed by atoms with E-state index < -0.39 is 17.6 Å². The number of aryl methyl sites for hydroxylation is 3. The summed E-state index contributed by atoms with van der Waals surface area (Å²) < 4.78 is 14.5. The number of para-hydroxylation sites is 1. The van der Waals surface area contributed by atoms with E-state index in [1.165, 1.54) is 30.3 Å². The quantitative estimate of drug-likeness (QED) is 0.341. The Hall–Kier alpha value is -3.72. The average molecular weight is 450 g/mol. The van der Waals surface area contributed by atoms with E-state index in [4.69, 9.17) is 0 Å². The molecule has 4 rings (SSSR count). The third-order valence-corrected chi connectivity index (χ3v) is 5.65. The lowest BCUT2D eigenvalue weighted by Gasteiger charge is -2.16. The fourth-order valence-corrected chi connectivity index (χ4v) is 4.26. The molecule has 1 aromatic heterocycles. The van der Waals surface area contributed by atoms with E-state index >= 15 is 0 Å². The summed E-state index contributed by atoms with van der Waals surface area (Å²) in [7, 11) is 0. The number of imide groups is 1. The first-order valence-corrected chi connectivity index (χ1v) is 10.5. The van der Waals surface area contributed by atoms with Gasteiger partial charge in [-0.05, 0) is 68.4 Å². The van der Waals surface area contributed by atoms with Crippen LogP contribution >= 0.6 is 11.8 Å². The SMILES string of the molecule is Cc1ccc(O)c(NC2=C(Sc3nc(C)cc(C)n3)C(=O)N(c3ccccc3F)C2=O)c1. The van der Waals surface area contributed by atoms with Crippen LogP contribution in [0.25, 0.3) is 0 Å². The van der Waals surface area contributed by atoms with Crippen LogP contribution in [0.15, 0.2) is 64.3 Å². The molecule has 2 heterocycles. The van der Waals surface area contributed by atoms with Crippen molar-refractivity contribution in [3.8, 4) is 5.75 Å². The molecule has 0 unspecified atom stereocenters. The number of thioether (sulfide) groups is 1. The van der Waals surface area contributed by atoms with E-state index in [9.17, 15) is 19.1 Å². The minimum Gasteiger partial charge on any atom is -0.506 e. The zero-order valence-corrected chi connectivity index (χ0v) is 18.3. The number of carbonyl (C=O) groups is 2. The van der Waals surface area contributed by atoms with Crippen molar-refractivity contribution in [2.75, 3.05) is 10.2 Å². The number of hydrogen-bond donors (Lipinski definition) is 2. The zero-order chi connectivity index (χ0) is 23.0. The van der Waals surface area contributed by atoms with Crippen LogP contribution in [-0.4, -0.2) is 26.9 Å². The number of amides is 2. The number of anilines is 2. The van der Waals surface area contributed by atoms with E-state index in [0.29, 0.717) is 11.4 Å². The first kappa shape index (κ1) is 21.5. The number of rotatable bonds is 5. The number of nitrogens with one attached hydrogen (secondary N) is 1. The average Bonchev–Trinajstić information content (AvgIpc) is 2.94. The van der Waals surface area contributed by atoms with E-state index in [2.05, 4.69) is 15.3 Å². The van der Waals surface area contributed by atoms with Gasteiger partial charge in [0.15, 0.2) is 5.16 Å². The van der Waals surface area contributed by atoms with Crippen molar-refractivity contribution in [3.63, 3.8) is 0 Å². The Morgan fingerprint density at radius 1 is 0.969 bits per heavy atom. The van der Waals surface area contributed by atoms with E-state index in [1.54, 1.807) is 32.0 Å². The van der Waals surface area contributed by atoms with Gasteiger partial charge >= 0.3 is 0 Å². The van der Waals surface area contributed by atoms with Gasteiger partial charge in [0.2, 0.25) is 0 Å². The summed E-state index contributed by atoms with van der Waals surface area (Å²) in [6, 6.07) is 12.2. The molecule has 2 amide bonds. The molecule has 0 fully saturated rings. The number of halogens is 1. The Balaban J connectivity index is 1.81. The maximum atomic E-state index is 14.5. The molecule has 1 aliphatic rings. The summed E-state index contributed by atoms with van der Waals surface area (Å²) in [4.78, 5) is 36.0. The molecule has 32 heavy (non-hydrogen) atoms. The summed E-state index contributed by atoms with van der Waals surface area (Å²) in [6.45, 7) is 5.42. The predicted molar refractivity (Wildman–Crippen MR) is 120 cm³/mol. The molecule has 0 spiro atoms. The molecule has 2 N–H and O–H groups in total. The highest BCUT2D eigenvalue weighted by Gasteiger charge is 2.42. The molecule has 0 atom stereocenters. The van der Waals surface area contributed by atoms with Crippen LogP contribution in [0.5, 0.6) is 5.75 Å². The predicted octanol–water partition coefficient (Wildman–Crippen LogP) is 4.24. The third-order valence-electron chi connectivity index (χ3n) is 4.70. The van der Waals surface area contributed by atoms with Crippen molar-refractivity contribution in [2.24, 2.45) is 0 Å². The number of hydrogen-bond acceptors (Lipinski definition) is 7. The van der Waals surface area contributed by atoms with Crippen molar-refractivity contribution in [3.05, 3.63) is 81.9 Å². The number of aromatic nitrogens is 2. The first-order valence-electron chi connectivity index (χ1n) is 9.69. The van der Waals surface area contributed by atoms with Crippen LogP contribution < -0.4 is 10.2 Å². The molecule has 9 heteroatoms. The van der Waals surface area contributed by atoms with Gasteiger partial charge in [-0.15, -0.1) is 0 Å². The van der Waals surface area contributed by atoms with Crippen molar-refractivity contribution in [1.82, 2.24) is 9.97 Å². The van der Waals surface area contributed by atoms with Gasteiger partial charge in [-0.2, -0.15) is 0 Å². The van der Waals surface area contributed by atoms with E-state index in [-0.39, 0.29) is 32.9 Å². The van der Waals surface area contributed by atoms with Gasteiger partial charge in [0, 0.05) is 11.4 Å². The lowest BCUT2D eigenvalue weighted by molar-refractivity contribution is -0.120. The molecule has 0 aliphatic carbocycles. The lowest BCUT2D eigenvalue weighted by atomic mass is 10.2. The smallest absolute Gasteiger partial charge is 0.283 e. The van der Waals surface area contributed by atoms with Crippen LogP contribution in [0.1, 0.15) is 17.0 Å². The fourth-order valence-electron chi connectivity index (χ4n) is 3.28. The summed E-state index contributed by atoms with van der Waals surface area (Å²) >= 11 is 0.912. The van der Waals surface area contributed by atoms with Crippen molar-refractivity contribution < 1.29 is 19.1 Å². The maximum absolute atomic E-state index is 14.5. The molecule has 0 bridgehead atoms. The maximum Gasteiger partial charge on any atom is 0.283 e. The third kappa shape index (κ3) is 4.06. The van der Waals surface area contributed by atoms with Crippen molar-refractivity contribution >= 4 is 35.0 Å². The molecular weight excluding hydrogens is 431 g/mol. The Labute approximate surface area is 188 Å². The minimum atomic E-state index is -0.743. The van der Waals surface area contributed by atoms with Gasteiger partial charge in [-0.1, -0.05) is 18.2 Å². The van der Waals surface area contributed by atoms with E-state index in [0.717, 1.165) is 22.2 Å². The lowest BCUT2D eigenvalue weighted by Crippen LogP contribution is -2.33. The van der Waals surface area contributed by atoms with Crippen LogP contribution in [-0.2, 0) is 9.59 Å². The largest absolute Gasteiger partial charge is 0.506 e. The molecule has 0 saturated heterocycles. The highest BCUT2D eigenvalue weighted by molar-refractivity contribution is 8.04. The molecule has 162 valence electrons. The number of phenols is 1. The van der Waals surface area contributed by atoms with Crippen LogP contribution in [0.4, 0.5) is 15.8 Å². The van der Waals surface area contributed by atoms with E-state index in [1.807, 2.05) is 6.92 Å². The molecule has 3 aromatic rings. The fraction of sp³-hybridized carbons (Fsp3) is 0.130. The van der Waals surface area contributed by atoms with Gasteiger partial charge < -0.3 is 10.4 Å². The first-order chi connectivity index (χ1) is 15.2. The Morgan fingerprint density at radius 2 is 1.66 bits per heavy atom. The molecular formula is C23H19FN4O3S. The Morgan fingerprint density at radius 3 is 2.34 bits per heavy atom. The number of phenolic OH excluding ortho intramolecular Hbond substituents is 1. The topological polar surface area (TPSA) is 95.4 Å².